The molecule has 3 aliphatic heterocycles. The van der Waals surface area contributed by atoms with Crippen molar-refractivity contribution in [3.63, 3.8) is 0 Å². The van der Waals surface area contributed by atoms with Crippen LogP contribution in [0.25, 0.3) is 0 Å². The van der Waals surface area contributed by atoms with Crippen molar-refractivity contribution in [2.45, 2.75) is 119 Å². The average Bonchev–Trinajstić information content (AvgIpc) is 2.71. The van der Waals surface area contributed by atoms with Gasteiger partial charge in [-0.1, -0.05) is 54.9 Å². The molecule has 2 atom stereocenters. The third kappa shape index (κ3) is 15.8. The molecule has 0 aromatic heterocycles. The lowest BCUT2D eigenvalue weighted by Gasteiger charge is -2.33. The van der Waals surface area contributed by atoms with Crippen LogP contribution in [0.15, 0.2) is 0 Å². The third-order valence-corrected chi connectivity index (χ3v) is 7.93. The molecule has 3 fully saturated rings. The largest absolute Gasteiger partial charge is 0.306 e. The molecular formula is C31H65N3. The van der Waals surface area contributed by atoms with Crippen molar-refractivity contribution >= 4 is 0 Å². The van der Waals surface area contributed by atoms with Crippen LogP contribution < -0.4 is 0 Å². The number of piperidine rings is 3. The van der Waals surface area contributed by atoms with E-state index in [1.54, 1.807) is 0 Å². The molecule has 0 saturated carbocycles. The first-order valence-corrected chi connectivity index (χ1v) is 14.9. The molecule has 2 unspecified atom stereocenters. The van der Waals surface area contributed by atoms with E-state index in [1.165, 1.54) is 96.9 Å². The quantitative estimate of drug-likeness (QED) is 0.401. The number of hydrogen-bond donors (Lipinski definition) is 0. The van der Waals surface area contributed by atoms with Gasteiger partial charge in [0, 0.05) is 12.6 Å². The Bertz CT molecular complexity index is 485. The fourth-order valence-electron chi connectivity index (χ4n) is 6.25. The number of hydrogen-bond acceptors (Lipinski definition) is 3. The van der Waals surface area contributed by atoms with Crippen LogP contribution in [-0.2, 0) is 0 Å². The van der Waals surface area contributed by atoms with E-state index in [4.69, 9.17) is 0 Å². The average molecular weight is 480 g/mol. The monoisotopic (exact) mass is 480 g/mol. The van der Waals surface area contributed by atoms with Crippen LogP contribution in [0.1, 0.15) is 113 Å². The summed E-state index contributed by atoms with van der Waals surface area (Å²) in [5.41, 5.74) is 0.528. The van der Waals surface area contributed by atoms with Crippen molar-refractivity contribution in [2.75, 3.05) is 53.9 Å². The Morgan fingerprint density at radius 1 is 0.647 bits per heavy atom. The first-order valence-electron chi connectivity index (χ1n) is 14.9. The van der Waals surface area contributed by atoms with Gasteiger partial charge < -0.3 is 14.7 Å². The van der Waals surface area contributed by atoms with Crippen molar-refractivity contribution in [2.24, 2.45) is 29.1 Å². The molecule has 3 heteroatoms. The van der Waals surface area contributed by atoms with E-state index in [9.17, 15) is 0 Å². The van der Waals surface area contributed by atoms with Crippen LogP contribution in [-0.4, -0.2) is 74.6 Å². The van der Waals surface area contributed by atoms with E-state index in [-0.39, 0.29) is 0 Å². The molecule has 3 rings (SSSR count). The Labute approximate surface area is 216 Å². The van der Waals surface area contributed by atoms with Gasteiger partial charge in [-0.2, -0.15) is 0 Å². The zero-order valence-electron chi connectivity index (χ0n) is 25.3. The highest BCUT2D eigenvalue weighted by Crippen LogP contribution is 2.30. The Hall–Kier alpha value is -0.120. The molecule has 3 aliphatic rings. The second-order valence-electron chi connectivity index (χ2n) is 14.2. The summed E-state index contributed by atoms with van der Waals surface area (Å²) in [6.45, 7) is 22.9. The van der Waals surface area contributed by atoms with Crippen molar-refractivity contribution in [1.29, 1.82) is 0 Å². The molecule has 0 aromatic carbocycles. The second-order valence-corrected chi connectivity index (χ2v) is 14.2. The first kappa shape index (κ1) is 31.9. The minimum absolute atomic E-state index is 0.528. The van der Waals surface area contributed by atoms with Crippen LogP contribution in [0.2, 0.25) is 0 Å². The molecule has 204 valence electrons. The van der Waals surface area contributed by atoms with Gasteiger partial charge in [0.15, 0.2) is 0 Å². The maximum atomic E-state index is 2.53. The molecule has 34 heavy (non-hydrogen) atoms. The van der Waals surface area contributed by atoms with Gasteiger partial charge in [-0.05, 0) is 134 Å². The summed E-state index contributed by atoms with van der Waals surface area (Å²) in [6, 6.07) is 0.878. The van der Waals surface area contributed by atoms with Crippen molar-refractivity contribution in [3.05, 3.63) is 0 Å². The van der Waals surface area contributed by atoms with Gasteiger partial charge in [0.25, 0.3) is 0 Å². The normalized spacial score (nSPS) is 26.1. The predicted molar refractivity (Wildman–Crippen MR) is 154 cm³/mol. The summed E-state index contributed by atoms with van der Waals surface area (Å²) in [6.07, 6.45) is 14.2. The molecule has 0 amide bonds. The van der Waals surface area contributed by atoms with E-state index in [0.717, 1.165) is 29.7 Å². The van der Waals surface area contributed by atoms with E-state index in [2.05, 4.69) is 84.3 Å². The molecule has 0 bridgehead atoms. The van der Waals surface area contributed by atoms with Gasteiger partial charge in [-0.3, -0.25) is 0 Å². The molecule has 0 N–H and O–H groups in total. The topological polar surface area (TPSA) is 9.72 Å². The summed E-state index contributed by atoms with van der Waals surface area (Å²) < 4.78 is 0. The summed E-state index contributed by atoms with van der Waals surface area (Å²) in [5.74, 6) is 3.71. The van der Waals surface area contributed by atoms with E-state index >= 15 is 0 Å². The minimum atomic E-state index is 0.528. The molecule has 0 radical (unpaired) electrons. The number of likely N-dealkylation sites (tertiary alicyclic amines) is 3. The third-order valence-electron chi connectivity index (χ3n) is 7.93. The highest BCUT2D eigenvalue weighted by molar-refractivity contribution is 4.76. The van der Waals surface area contributed by atoms with E-state index in [0.29, 0.717) is 5.41 Å². The van der Waals surface area contributed by atoms with Crippen LogP contribution in [0.3, 0.4) is 0 Å². The van der Waals surface area contributed by atoms with Crippen molar-refractivity contribution in [3.8, 4) is 0 Å². The van der Waals surface area contributed by atoms with Crippen LogP contribution in [0.5, 0.6) is 0 Å². The molecule has 3 saturated heterocycles. The molecule has 0 aliphatic carbocycles. The molecular weight excluding hydrogens is 414 g/mol. The highest BCUT2D eigenvalue weighted by atomic mass is 15.1. The van der Waals surface area contributed by atoms with Crippen LogP contribution in [0.4, 0.5) is 0 Å². The molecule has 0 spiro atoms. The van der Waals surface area contributed by atoms with Crippen molar-refractivity contribution < 1.29 is 0 Å². The van der Waals surface area contributed by atoms with E-state index < -0.39 is 0 Å². The maximum Gasteiger partial charge on any atom is 0.00946 e. The Balaban J connectivity index is 0.000000255. The van der Waals surface area contributed by atoms with Gasteiger partial charge in [0.2, 0.25) is 0 Å². The number of rotatable bonds is 5. The standard InChI is InChI=1S/C11H23N.2C10H21N/c1-11(2,3)9-10-5-7-12(4)8-6-10;1-9(2)7-10-5-4-6-11(3)8-10;1-9(2)8-10-6-4-5-7-11(10)3/h10H,5-9H2,1-4H3;2*9-10H,4-8H2,1-3H3. The van der Waals surface area contributed by atoms with Gasteiger partial charge in [0.05, 0.1) is 0 Å². The Morgan fingerprint density at radius 3 is 1.76 bits per heavy atom. The predicted octanol–water partition coefficient (Wildman–Crippen LogP) is 7.66. The van der Waals surface area contributed by atoms with Gasteiger partial charge >= 0.3 is 0 Å². The fraction of sp³-hybridized carbons (Fsp3) is 1.00. The van der Waals surface area contributed by atoms with Gasteiger partial charge in [-0.25, -0.2) is 0 Å². The van der Waals surface area contributed by atoms with Crippen LogP contribution in [0, 0.1) is 29.1 Å². The fourth-order valence-corrected chi connectivity index (χ4v) is 6.25. The number of nitrogens with zero attached hydrogens (tertiary/aromatic N) is 3. The highest BCUT2D eigenvalue weighted by Gasteiger charge is 2.22. The Morgan fingerprint density at radius 2 is 1.26 bits per heavy atom. The van der Waals surface area contributed by atoms with Crippen molar-refractivity contribution in [1.82, 2.24) is 14.7 Å². The summed E-state index contributed by atoms with van der Waals surface area (Å²) >= 11 is 0. The lowest BCUT2D eigenvalue weighted by atomic mass is 9.80. The lowest BCUT2D eigenvalue weighted by molar-refractivity contribution is 0.163. The lowest BCUT2D eigenvalue weighted by Crippen LogP contribution is -2.36. The molecule has 3 nitrogen and oxygen atoms in total. The molecule has 3 heterocycles. The van der Waals surface area contributed by atoms with Crippen LogP contribution >= 0.6 is 0 Å². The Kier molecular flexibility index (Phi) is 15.6. The molecule has 0 aromatic rings. The van der Waals surface area contributed by atoms with Gasteiger partial charge in [-0.15, -0.1) is 0 Å². The summed E-state index contributed by atoms with van der Waals surface area (Å²) in [5, 5.41) is 0. The summed E-state index contributed by atoms with van der Waals surface area (Å²) in [7, 11) is 6.74. The zero-order valence-corrected chi connectivity index (χ0v) is 25.3. The summed E-state index contributed by atoms with van der Waals surface area (Å²) in [4.78, 5) is 7.44. The smallest absolute Gasteiger partial charge is 0.00946 e. The zero-order chi connectivity index (χ0) is 25.7. The second kappa shape index (κ2) is 16.6. The first-order chi connectivity index (χ1) is 15.9. The maximum absolute atomic E-state index is 2.53. The van der Waals surface area contributed by atoms with Gasteiger partial charge in [0.1, 0.15) is 0 Å². The van der Waals surface area contributed by atoms with E-state index in [1.807, 2.05) is 0 Å². The minimum Gasteiger partial charge on any atom is -0.306 e. The SMILES string of the molecule is CC(C)CC1CCCCN1C.CC(C)CC1CCCN(C)C1.CN1CCC(CC(C)(C)C)CC1.